The number of carbonyl (C=O) groups is 1. The third-order valence-electron chi connectivity index (χ3n) is 9.23. The highest BCUT2D eigenvalue weighted by molar-refractivity contribution is 5.84. The summed E-state index contributed by atoms with van der Waals surface area (Å²) in [5, 5.41) is 34.9. The molecule has 48 heavy (non-hydrogen) atoms. The number of ether oxygens (including phenoxy) is 2. The van der Waals surface area contributed by atoms with Crippen molar-refractivity contribution in [3.63, 3.8) is 0 Å². The molecule has 0 radical (unpaired) electrons. The topological polar surface area (TPSA) is 112 Å². The number of fused-ring (bicyclic) bond motifs is 1. The summed E-state index contributed by atoms with van der Waals surface area (Å²) in [6.07, 6.45) is 5.63. The van der Waals surface area contributed by atoms with Gasteiger partial charge in [-0.1, -0.05) is 68.4 Å². The van der Waals surface area contributed by atoms with Gasteiger partial charge in [-0.2, -0.15) is 0 Å². The van der Waals surface area contributed by atoms with Crippen molar-refractivity contribution in [2.75, 3.05) is 14.2 Å². The number of aromatic amines is 1. The molecule has 3 atom stereocenters. The molecule has 5 rings (SSSR count). The van der Waals surface area contributed by atoms with Crippen LogP contribution in [0.3, 0.4) is 0 Å². The predicted molar refractivity (Wildman–Crippen MR) is 190 cm³/mol. The van der Waals surface area contributed by atoms with Gasteiger partial charge in [-0.3, -0.25) is 4.79 Å². The van der Waals surface area contributed by atoms with Crippen molar-refractivity contribution in [1.82, 2.24) is 4.98 Å². The molecular formula is C41H47NO6. The first-order chi connectivity index (χ1) is 23.1. The maximum absolute atomic E-state index is 14.3. The van der Waals surface area contributed by atoms with Gasteiger partial charge in [0.15, 0.2) is 23.0 Å². The zero-order valence-corrected chi connectivity index (χ0v) is 28.3. The average molecular weight is 650 g/mol. The third-order valence-corrected chi connectivity index (χ3v) is 9.23. The second kappa shape index (κ2) is 15.9. The van der Waals surface area contributed by atoms with E-state index in [1.807, 2.05) is 42.7 Å². The Balaban J connectivity index is 1.44. The number of methoxy groups -OCH3 is 2. The number of benzene rings is 4. The molecule has 0 saturated heterocycles. The van der Waals surface area contributed by atoms with Crippen molar-refractivity contribution < 1.29 is 29.6 Å². The number of Topliss-reactive ketones (excluding diaryl/α,β-unsaturated/α-hetero) is 1. The number of H-pyrrole nitrogens is 1. The van der Waals surface area contributed by atoms with E-state index in [0.29, 0.717) is 49.5 Å². The van der Waals surface area contributed by atoms with Crippen molar-refractivity contribution in [3.8, 4) is 23.0 Å². The van der Waals surface area contributed by atoms with Crippen LogP contribution in [-0.4, -0.2) is 46.4 Å². The van der Waals surface area contributed by atoms with Gasteiger partial charge in [0.25, 0.3) is 0 Å². The molecule has 0 aliphatic rings. The Morgan fingerprint density at radius 3 is 2.15 bits per heavy atom. The number of ketones is 1. The highest BCUT2D eigenvalue weighted by Gasteiger charge is 2.29. The Hall–Kier alpha value is -4.75. The van der Waals surface area contributed by atoms with Gasteiger partial charge in [0.1, 0.15) is 5.78 Å². The summed E-state index contributed by atoms with van der Waals surface area (Å²) in [7, 11) is 3.07. The molecule has 0 spiro atoms. The average Bonchev–Trinajstić information content (AvgIpc) is 3.59. The number of hydrogen-bond donors (Lipinski definition) is 4. The molecule has 0 saturated carbocycles. The van der Waals surface area contributed by atoms with Crippen LogP contribution in [0.2, 0.25) is 0 Å². The monoisotopic (exact) mass is 649 g/mol. The van der Waals surface area contributed by atoms with Gasteiger partial charge >= 0.3 is 0 Å². The molecule has 0 aliphatic carbocycles. The van der Waals surface area contributed by atoms with E-state index < -0.39 is 12.0 Å². The minimum Gasteiger partial charge on any atom is -0.504 e. The van der Waals surface area contributed by atoms with Crippen LogP contribution in [-0.2, 0) is 36.9 Å². The number of aromatic nitrogens is 1. The van der Waals surface area contributed by atoms with Gasteiger partial charge in [0.2, 0.25) is 0 Å². The fourth-order valence-electron chi connectivity index (χ4n) is 6.75. The van der Waals surface area contributed by atoms with Crippen LogP contribution in [0.15, 0.2) is 91.3 Å². The summed E-state index contributed by atoms with van der Waals surface area (Å²) < 4.78 is 11.0. The molecule has 1 heterocycles. The van der Waals surface area contributed by atoms with Gasteiger partial charge in [-0.25, -0.2) is 0 Å². The van der Waals surface area contributed by atoms with Gasteiger partial charge < -0.3 is 29.8 Å². The van der Waals surface area contributed by atoms with E-state index in [2.05, 4.69) is 49.2 Å². The van der Waals surface area contributed by atoms with E-state index in [0.717, 1.165) is 38.6 Å². The fourth-order valence-corrected chi connectivity index (χ4v) is 6.75. The summed E-state index contributed by atoms with van der Waals surface area (Å²) in [5.74, 6) is 0.593. The smallest absolute Gasteiger partial charge is 0.163 e. The number of phenols is 2. The Morgan fingerprint density at radius 2 is 1.46 bits per heavy atom. The summed E-state index contributed by atoms with van der Waals surface area (Å²) in [4.78, 5) is 17.4. The molecule has 0 unspecified atom stereocenters. The second-order valence-corrected chi connectivity index (χ2v) is 13.3. The first-order valence-electron chi connectivity index (χ1n) is 16.7. The number of hydrogen-bond acceptors (Lipinski definition) is 6. The van der Waals surface area contributed by atoms with E-state index in [1.54, 1.807) is 25.3 Å². The zero-order chi connectivity index (χ0) is 34.2. The predicted octanol–water partition coefficient (Wildman–Crippen LogP) is 7.62. The van der Waals surface area contributed by atoms with Crippen molar-refractivity contribution in [2.24, 2.45) is 17.8 Å². The van der Waals surface area contributed by atoms with E-state index in [4.69, 9.17) is 9.47 Å². The highest BCUT2D eigenvalue weighted by Crippen LogP contribution is 2.37. The number of aliphatic hydroxyl groups excluding tert-OH is 1. The number of carbonyl (C=O) groups excluding carboxylic acids is 1. The van der Waals surface area contributed by atoms with E-state index in [1.165, 1.54) is 7.11 Å². The quantitative estimate of drug-likeness (QED) is 0.0875. The first kappa shape index (κ1) is 34.6. The number of aliphatic hydroxyl groups is 1. The molecule has 0 fully saturated rings. The van der Waals surface area contributed by atoms with Crippen LogP contribution in [0.5, 0.6) is 23.0 Å². The molecule has 1 aromatic heterocycles. The van der Waals surface area contributed by atoms with Gasteiger partial charge in [0.05, 0.1) is 20.3 Å². The van der Waals surface area contributed by atoms with Crippen molar-refractivity contribution in [1.29, 1.82) is 0 Å². The Bertz CT molecular complexity index is 1810. The molecular weight excluding hydrogens is 602 g/mol. The second-order valence-electron chi connectivity index (χ2n) is 13.3. The summed E-state index contributed by atoms with van der Waals surface area (Å²) in [6, 6.07) is 25.2. The zero-order valence-electron chi connectivity index (χ0n) is 28.3. The largest absolute Gasteiger partial charge is 0.504 e. The van der Waals surface area contributed by atoms with E-state index in [-0.39, 0.29) is 29.6 Å². The maximum atomic E-state index is 14.3. The van der Waals surface area contributed by atoms with Gasteiger partial charge in [-0.05, 0) is 101 Å². The molecule has 0 bridgehead atoms. The minimum atomic E-state index is -0.910. The molecule has 4 aromatic carbocycles. The Labute approximate surface area is 283 Å². The molecule has 5 aromatic rings. The number of nitrogens with one attached hydrogen (secondary N) is 1. The molecule has 0 amide bonds. The van der Waals surface area contributed by atoms with Crippen LogP contribution in [0.4, 0.5) is 0 Å². The number of rotatable bonds is 16. The van der Waals surface area contributed by atoms with Crippen LogP contribution in [0, 0.1) is 17.8 Å². The van der Waals surface area contributed by atoms with Crippen molar-refractivity contribution in [3.05, 3.63) is 119 Å². The van der Waals surface area contributed by atoms with Crippen molar-refractivity contribution in [2.45, 2.75) is 58.5 Å². The highest BCUT2D eigenvalue weighted by atomic mass is 16.5. The normalized spacial score (nSPS) is 13.4. The van der Waals surface area contributed by atoms with Crippen LogP contribution in [0.25, 0.3) is 10.8 Å². The van der Waals surface area contributed by atoms with Gasteiger partial charge in [-0.15, -0.1) is 0 Å². The molecule has 7 nitrogen and oxygen atoms in total. The van der Waals surface area contributed by atoms with E-state index >= 15 is 0 Å². The Kier molecular flexibility index (Phi) is 11.5. The molecule has 7 heteroatoms. The van der Waals surface area contributed by atoms with E-state index in [9.17, 15) is 20.1 Å². The first-order valence-corrected chi connectivity index (χ1v) is 16.7. The summed E-state index contributed by atoms with van der Waals surface area (Å²) >= 11 is 0. The van der Waals surface area contributed by atoms with Crippen molar-refractivity contribution >= 4 is 16.6 Å². The SMILES string of the molecule is COc1cc(C[C@@H](Cc2ccc3ccccc3c2)C(=O)C[C@@H](O)[C@H](Cc2cc[nH]c2)Cc2ccc(O)c(OC)c2CC(C)C)ccc1O. The maximum Gasteiger partial charge on any atom is 0.163 e. The van der Waals surface area contributed by atoms with Crippen LogP contribution >= 0.6 is 0 Å². The standard InChI is InChI=1S/C41H47NO6/c1-26(2)17-35-32(12-14-37(44)41(35)48-4)23-34(21-29-15-16-42-25-29)39(46)24-38(45)33(20-28-10-13-36(43)40(22-28)47-3)19-27-9-11-30-7-5-6-8-31(30)18-27/h5-16,18,22,25-26,33-34,39,42-44,46H,17,19-21,23-24H2,1-4H3/t33-,34-,39-/m1/s1. The summed E-state index contributed by atoms with van der Waals surface area (Å²) in [5.41, 5.74) is 4.89. The molecule has 252 valence electrons. The minimum absolute atomic E-state index is 0.00269. The summed E-state index contributed by atoms with van der Waals surface area (Å²) in [6.45, 7) is 4.24. The van der Waals surface area contributed by atoms with Crippen LogP contribution in [0.1, 0.15) is 48.1 Å². The lowest BCUT2D eigenvalue weighted by molar-refractivity contribution is -0.125. The number of phenolic OH excluding ortho intramolecular Hbond substituents is 2. The number of aromatic hydroxyl groups is 2. The fraction of sp³-hybridized carbons (Fsp3) is 0.341. The Morgan fingerprint density at radius 1 is 0.750 bits per heavy atom. The molecule has 0 aliphatic heterocycles. The lowest BCUT2D eigenvalue weighted by Gasteiger charge is -2.26. The van der Waals surface area contributed by atoms with Crippen LogP contribution < -0.4 is 9.47 Å². The molecule has 4 N–H and O–H groups in total. The lowest BCUT2D eigenvalue weighted by Crippen LogP contribution is -2.31. The lowest BCUT2D eigenvalue weighted by atomic mass is 9.81. The van der Waals surface area contributed by atoms with Gasteiger partial charge in [0, 0.05) is 30.3 Å². The third kappa shape index (κ3) is 8.58.